The number of hydrogen-bond acceptors (Lipinski definition) is 3. The van der Waals surface area contributed by atoms with Gasteiger partial charge in [0.15, 0.2) is 0 Å². The Balaban J connectivity index is 2.03. The van der Waals surface area contributed by atoms with Crippen molar-refractivity contribution in [2.45, 2.75) is 6.61 Å². The van der Waals surface area contributed by atoms with Gasteiger partial charge >= 0.3 is 0 Å². The predicted octanol–water partition coefficient (Wildman–Crippen LogP) is 3.25. The summed E-state index contributed by atoms with van der Waals surface area (Å²) in [5.74, 6) is 0. The Morgan fingerprint density at radius 3 is 2.32 bits per heavy atom. The van der Waals surface area contributed by atoms with E-state index >= 15 is 0 Å². The first kappa shape index (κ1) is 15.3. The molecular weight excluding hydrogens is 296 g/mol. The van der Waals surface area contributed by atoms with E-state index in [-0.39, 0.29) is 6.61 Å². The maximum Gasteiger partial charge on any atom is 0.0708 e. The second-order valence-electron chi connectivity index (χ2n) is 5.73. The van der Waals surface area contributed by atoms with Crippen LogP contribution in [0.1, 0.15) is 5.56 Å². The lowest BCUT2D eigenvalue weighted by Gasteiger charge is -2.35. The average molecular weight is 317 g/mol. The fourth-order valence-electron chi connectivity index (χ4n) is 3.02. The topological polar surface area (TPSA) is 26.7 Å². The number of halogens is 1. The number of rotatable bonds is 3. The smallest absolute Gasteiger partial charge is 0.0708 e. The van der Waals surface area contributed by atoms with Crippen molar-refractivity contribution in [3.63, 3.8) is 0 Å². The molecule has 1 aliphatic rings. The van der Waals surface area contributed by atoms with Crippen molar-refractivity contribution in [2.75, 3.05) is 38.1 Å². The van der Waals surface area contributed by atoms with Gasteiger partial charge in [0.2, 0.25) is 0 Å². The van der Waals surface area contributed by atoms with Crippen molar-refractivity contribution in [3.05, 3.63) is 53.1 Å². The highest BCUT2D eigenvalue weighted by atomic mass is 35.5. The van der Waals surface area contributed by atoms with Gasteiger partial charge in [0.25, 0.3) is 0 Å². The minimum Gasteiger partial charge on any atom is -0.392 e. The molecule has 0 atom stereocenters. The number of anilines is 1. The molecule has 2 aromatic rings. The molecule has 3 nitrogen and oxygen atoms in total. The first-order chi connectivity index (χ1) is 10.7. The summed E-state index contributed by atoms with van der Waals surface area (Å²) >= 11 is 6.34. The SMILES string of the molecule is CN1CCN(c2cccc(-c3ccccc3Cl)c2CO)CC1. The molecule has 1 N–H and O–H groups in total. The molecule has 0 saturated carbocycles. The lowest BCUT2D eigenvalue weighted by molar-refractivity contribution is 0.280. The summed E-state index contributed by atoms with van der Waals surface area (Å²) in [5, 5.41) is 10.7. The molecule has 0 unspecified atom stereocenters. The standard InChI is InChI=1S/C18H21ClN2O/c1-20-9-11-21(12-10-20)18-8-4-6-14(16(18)13-22)15-5-2-3-7-17(15)19/h2-8,22H,9-13H2,1H3. The van der Waals surface area contributed by atoms with E-state index in [1.807, 2.05) is 36.4 Å². The normalized spacial score (nSPS) is 16.0. The second-order valence-corrected chi connectivity index (χ2v) is 6.14. The van der Waals surface area contributed by atoms with Gasteiger partial charge in [0, 0.05) is 48.0 Å². The minimum atomic E-state index is 0.0169. The van der Waals surface area contributed by atoms with E-state index in [0.29, 0.717) is 5.02 Å². The maximum atomic E-state index is 9.95. The van der Waals surface area contributed by atoms with Crippen LogP contribution in [-0.4, -0.2) is 43.2 Å². The average Bonchev–Trinajstić information content (AvgIpc) is 2.55. The van der Waals surface area contributed by atoms with Crippen LogP contribution >= 0.6 is 11.6 Å². The molecule has 1 aliphatic heterocycles. The van der Waals surface area contributed by atoms with Crippen molar-refractivity contribution >= 4 is 17.3 Å². The van der Waals surface area contributed by atoms with Crippen LogP contribution in [0.25, 0.3) is 11.1 Å². The van der Waals surface area contributed by atoms with Gasteiger partial charge < -0.3 is 14.9 Å². The fourth-order valence-corrected chi connectivity index (χ4v) is 3.25. The quantitative estimate of drug-likeness (QED) is 0.941. The minimum absolute atomic E-state index is 0.0169. The Bertz CT molecular complexity index is 651. The Morgan fingerprint density at radius 1 is 0.955 bits per heavy atom. The molecule has 0 radical (unpaired) electrons. The molecule has 0 aliphatic carbocycles. The van der Waals surface area contributed by atoms with Gasteiger partial charge in [-0.25, -0.2) is 0 Å². The van der Waals surface area contributed by atoms with E-state index in [9.17, 15) is 5.11 Å². The van der Waals surface area contributed by atoms with Crippen molar-refractivity contribution in [1.29, 1.82) is 0 Å². The molecule has 0 bridgehead atoms. The Kier molecular flexibility index (Phi) is 4.67. The van der Waals surface area contributed by atoms with Gasteiger partial charge in [-0.15, -0.1) is 0 Å². The third kappa shape index (κ3) is 2.98. The highest BCUT2D eigenvalue weighted by molar-refractivity contribution is 6.33. The Hall–Kier alpha value is -1.55. The zero-order valence-electron chi connectivity index (χ0n) is 12.8. The predicted molar refractivity (Wildman–Crippen MR) is 92.5 cm³/mol. The molecule has 0 aromatic heterocycles. The number of piperazine rings is 1. The third-order valence-electron chi connectivity index (χ3n) is 4.32. The summed E-state index contributed by atoms with van der Waals surface area (Å²) in [6.45, 7) is 4.07. The van der Waals surface area contributed by atoms with Gasteiger partial charge in [-0.1, -0.05) is 41.9 Å². The highest BCUT2D eigenvalue weighted by Gasteiger charge is 2.19. The molecular formula is C18H21ClN2O. The van der Waals surface area contributed by atoms with Crippen molar-refractivity contribution in [2.24, 2.45) is 0 Å². The number of aliphatic hydroxyl groups excluding tert-OH is 1. The van der Waals surface area contributed by atoms with Gasteiger partial charge in [-0.3, -0.25) is 0 Å². The zero-order valence-corrected chi connectivity index (χ0v) is 13.6. The number of benzene rings is 2. The van der Waals surface area contributed by atoms with Crippen molar-refractivity contribution in [1.82, 2.24) is 4.90 Å². The van der Waals surface area contributed by atoms with E-state index in [0.717, 1.165) is 48.6 Å². The molecule has 2 aromatic carbocycles. The lowest BCUT2D eigenvalue weighted by Crippen LogP contribution is -2.44. The highest BCUT2D eigenvalue weighted by Crippen LogP contribution is 2.35. The second kappa shape index (κ2) is 6.69. The maximum absolute atomic E-state index is 9.95. The molecule has 1 fully saturated rings. The molecule has 22 heavy (non-hydrogen) atoms. The number of hydrogen-bond donors (Lipinski definition) is 1. The molecule has 0 spiro atoms. The number of likely N-dealkylation sites (N-methyl/N-ethyl adjacent to an activating group) is 1. The lowest BCUT2D eigenvalue weighted by atomic mass is 9.97. The van der Waals surface area contributed by atoms with E-state index < -0.39 is 0 Å². The molecule has 1 saturated heterocycles. The summed E-state index contributed by atoms with van der Waals surface area (Å²) < 4.78 is 0. The summed E-state index contributed by atoms with van der Waals surface area (Å²) in [7, 11) is 2.14. The summed E-state index contributed by atoms with van der Waals surface area (Å²) in [6, 6.07) is 14.0. The molecule has 1 heterocycles. The third-order valence-corrected chi connectivity index (χ3v) is 4.65. The van der Waals surface area contributed by atoms with Gasteiger partial charge in [-0.2, -0.15) is 0 Å². The fraction of sp³-hybridized carbons (Fsp3) is 0.333. The Labute approximate surface area is 136 Å². The van der Waals surface area contributed by atoms with E-state index in [1.54, 1.807) is 0 Å². The van der Waals surface area contributed by atoms with Crippen LogP contribution in [0, 0.1) is 0 Å². The molecule has 3 rings (SSSR count). The first-order valence-electron chi connectivity index (χ1n) is 7.62. The summed E-state index contributed by atoms with van der Waals surface area (Å²) in [6.07, 6.45) is 0. The van der Waals surface area contributed by atoms with Crippen LogP contribution in [0.15, 0.2) is 42.5 Å². The monoisotopic (exact) mass is 316 g/mol. The zero-order chi connectivity index (χ0) is 15.5. The molecule has 4 heteroatoms. The Morgan fingerprint density at radius 2 is 1.64 bits per heavy atom. The largest absolute Gasteiger partial charge is 0.392 e. The summed E-state index contributed by atoms with van der Waals surface area (Å²) in [4.78, 5) is 4.68. The molecule has 0 amide bonds. The van der Waals surface area contributed by atoms with Crippen molar-refractivity contribution in [3.8, 4) is 11.1 Å². The number of aliphatic hydroxyl groups is 1. The van der Waals surface area contributed by atoms with Gasteiger partial charge in [0.1, 0.15) is 0 Å². The van der Waals surface area contributed by atoms with E-state index in [4.69, 9.17) is 11.6 Å². The van der Waals surface area contributed by atoms with E-state index in [1.165, 1.54) is 0 Å². The first-order valence-corrected chi connectivity index (χ1v) is 7.99. The van der Waals surface area contributed by atoms with Crippen LogP contribution in [-0.2, 0) is 6.61 Å². The van der Waals surface area contributed by atoms with E-state index in [2.05, 4.69) is 22.9 Å². The van der Waals surface area contributed by atoms with Crippen LogP contribution in [0.5, 0.6) is 0 Å². The summed E-state index contributed by atoms with van der Waals surface area (Å²) in [5.41, 5.74) is 4.07. The van der Waals surface area contributed by atoms with Crippen LogP contribution in [0.2, 0.25) is 5.02 Å². The molecule has 116 valence electrons. The van der Waals surface area contributed by atoms with Crippen LogP contribution < -0.4 is 4.90 Å². The van der Waals surface area contributed by atoms with Crippen molar-refractivity contribution < 1.29 is 5.11 Å². The van der Waals surface area contributed by atoms with Crippen LogP contribution in [0.4, 0.5) is 5.69 Å². The number of nitrogens with zero attached hydrogens (tertiary/aromatic N) is 2. The van der Waals surface area contributed by atoms with Gasteiger partial charge in [0.05, 0.1) is 6.61 Å². The van der Waals surface area contributed by atoms with Gasteiger partial charge in [-0.05, 0) is 24.7 Å². The van der Waals surface area contributed by atoms with Crippen LogP contribution in [0.3, 0.4) is 0 Å².